The van der Waals surface area contributed by atoms with E-state index in [1.54, 1.807) is 10.9 Å². The molecule has 1 aliphatic rings. The van der Waals surface area contributed by atoms with Gasteiger partial charge in [0.2, 0.25) is 0 Å². The lowest BCUT2D eigenvalue weighted by Crippen LogP contribution is -2.28. The highest BCUT2D eigenvalue weighted by Crippen LogP contribution is 2.33. The molecule has 3 atom stereocenters. The summed E-state index contributed by atoms with van der Waals surface area (Å²) in [7, 11) is -0.625. The van der Waals surface area contributed by atoms with Crippen LogP contribution in [0.4, 0.5) is 0 Å². The molecule has 8 nitrogen and oxygen atoms in total. The molecule has 170 valence electrons. The molecule has 1 fully saturated rings. The van der Waals surface area contributed by atoms with Crippen molar-refractivity contribution < 1.29 is 4.21 Å². The largest absolute Gasteiger partial charge is 0.275 e. The molecule has 5 rings (SSSR count). The van der Waals surface area contributed by atoms with E-state index in [0.717, 1.165) is 53.5 Å². The number of rotatable bonds is 5. The minimum Gasteiger partial charge on any atom is -0.275 e. The van der Waals surface area contributed by atoms with Crippen molar-refractivity contribution >= 4 is 9.73 Å². The summed E-state index contributed by atoms with van der Waals surface area (Å²) in [4.78, 5) is 9.20. The second-order valence-corrected chi connectivity index (χ2v) is 11.3. The maximum absolute atomic E-state index is 12.2. The SMILES string of the molecule is Cn1cc(-c2cccc(-c3ncc(-c4cnn([C@H]5CCCC(S(C)(=N)=O)C5)c4)cn3)c2)cn1. The van der Waals surface area contributed by atoms with Crippen LogP contribution in [0.1, 0.15) is 31.7 Å². The molecule has 4 aromatic rings. The molecule has 0 radical (unpaired) electrons. The third kappa shape index (κ3) is 4.59. The van der Waals surface area contributed by atoms with Crippen molar-refractivity contribution in [3.05, 3.63) is 61.4 Å². The zero-order valence-electron chi connectivity index (χ0n) is 18.8. The monoisotopic (exact) mass is 461 g/mol. The van der Waals surface area contributed by atoms with Crippen LogP contribution in [0.25, 0.3) is 33.6 Å². The van der Waals surface area contributed by atoms with Crippen LogP contribution in [0.5, 0.6) is 0 Å². The van der Waals surface area contributed by atoms with E-state index in [0.29, 0.717) is 5.82 Å². The van der Waals surface area contributed by atoms with Gasteiger partial charge in [0.15, 0.2) is 5.82 Å². The fraction of sp³-hybridized carbons (Fsp3) is 0.333. The predicted octanol–water partition coefficient (Wildman–Crippen LogP) is 4.57. The molecule has 0 saturated heterocycles. The van der Waals surface area contributed by atoms with Crippen LogP contribution in [-0.2, 0) is 16.8 Å². The molecule has 1 saturated carbocycles. The Bertz CT molecular complexity index is 1370. The Labute approximate surface area is 193 Å². The third-order valence-corrected chi connectivity index (χ3v) is 8.05. The lowest BCUT2D eigenvalue weighted by atomic mass is 9.95. The number of benzene rings is 1. The van der Waals surface area contributed by atoms with Crippen molar-refractivity contribution in [3.8, 4) is 33.6 Å². The molecule has 0 spiro atoms. The molecular formula is C24H27N7OS. The first-order valence-corrected chi connectivity index (χ1v) is 13.1. The van der Waals surface area contributed by atoms with Gasteiger partial charge in [0.05, 0.1) is 18.4 Å². The van der Waals surface area contributed by atoms with Crippen molar-refractivity contribution in [2.45, 2.75) is 37.0 Å². The zero-order chi connectivity index (χ0) is 23.0. The lowest BCUT2D eigenvalue weighted by molar-refractivity contribution is 0.332. The van der Waals surface area contributed by atoms with Crippen LogP contribution in [0.2, 0.25) is 0 Å². The Morgan fingerprint density at radius 1 is 0.939 bits per heavy atom. The molecule has 2 unspecified atom stereocenters. The zero-order valence-corrected chi connectivity index (χ0v) is 19.6. The van der Waals surface area contributed by atoms with E-state index in [9.17, 15) is 4.21 Å². The average molecular weight is 462 g/mol. The fourth-order valence-corrected chi connectivity index (χ4v) is 5.70. The Morgan fingerprint density at radius 2 is 1.67 bits per heavy atom. The van der Waals surface area contributed by atoms with Crippen molar-refractivity contribution in [3.63, 3.8) is 0 Å². The van der Waals surface area contributed by atoms with Crippen molar-refractivity contribution in [2.24, 2.45) is 7.05 Å². The predicted molar refractivity (Wildman–Crippen MR) is 129 cm³/mol. The van der Waals surface area contributed by atoms with Gasteiger partial charge in [0.1, 0.15) is 0 Å². The number of aryl methyl sites for hydroxylation is 1. The fourth-order valence-electron chi connectivity index (χ4n) is 4.49. The second-order valence-electron chi connectivity index (χ2n) is 8.83. The summed E-state index contributed by atoms with van der Waals surface area (Å²) < 4.78 is 23.9. The molecule has 33 heavy (non-hydrogen) atoms. The normalized spacial score (nSPS) is 20.4. The van der Waals surface area contributed by atoms with Gasteiger partial charge in [-0.15, -0.1) is 0 Å². The van der Waals surface area contributed by atoms with Gasteiger partial charge in [-0.25, -0.2) is 14.2 Å². The van der Waals surface area contributed by atoms with Crippen LogP contribution in [0.3, 0.4) is 0 Å². The lowest BCUT2D eigenvalue weighted by Gasteiger charge is -2.29. The highest BCUT2D eigenvalue weighted by atomic mass is 32.2. The Balaban J connectivity index is 1.34. The Kier molecular flexibility index (Phi) is 5.57. The number of nitrogens with one attached hydrogen (secondary N) is 1. The van der Waals surface area contributed by atoms with E-state index in [1.165, 1.54) is 0 Å². The van der Waals surface area contributed by atoms with Crippen LogP contribution in [0, 0.1) is 4.78 Å². The highest BCUT2D eigenvalue weighted by molar-refractivity contribution is 7.92. The maximum Gasteiger partial charge on any atom is 0.159 e. The van der Waals surface area contributed by atoms with E-state index in [-0.39, 0.29) is 11.3 Å². The molecular weight excluding hydrogens is 434 g/mol. The van der Waals surface area contributed by atoms with Gasteiger partial charge < -0.3 is 0 Å². The van der Waals surface area contributed by atoms with Gasteiger partial charge in [-0.3, -0.25) is 14.1 Å². The first-order chi connectivity index (χ1) is 15.9. The first-order valence-electron chi connectivity index (χ1n) is 11.1. The van der Waals surface area contributed by atoms with E-state index < -0.39 is 9.73 Å². The standard InChI is InChI=1S/C24H27N7OS/c1-30-15-20(13-28-30)17-5-3-6-18(9-17)24-26-11-19(12-27-24)21-14-29-31(16-21)22-7-4-8-23(10-22)33(2,25)32/h3,5-6,9,11-16,22-23,25H,4,7-8,10H2,1-2H3/t22-,23?,33?/m0/s1. The first kappa shape index (κ1) is 21.5. The molecule has 0 aliphatic heterocycles. The van der Waals surface area contributed by atoms with Crippen LogP contribution in [0.15, 0.2) is 61.4 Å². The number of aromatic nitrogens is 6. The van der Waals surface area contributed by atoms with Crippen molar-refractivity contribution in [2.75, 3.05) is 6.26 Å². The van der Waals surface area contributed by atoms with Crippen LogP contribution < -0.4 is 0 Å². The smallest absolute Gasteiger partial charge is 0.159 e. The van der Waals surface area contributed by atoms with E-state index in [2.05, 4.69) is 32.3 Å². The highest BCUT2D eigenvalue weighted by Gasteiger charge is 2.28. The van der Waals surface area contributed by atoms with E-state index >= 15 is 0 Å². The molecule has 1 aliphatic carbocycles. The number of hydrogen-bond acceptors (Lipinski definition) is 6. The molecule has 3 aromatic heterocycles. The van der Waals surface area contributed by atoms with Gasteiger partial charge in [-0.05, 0) is 30.9 Å². The third-order valence-electron chi connectivity index (χ3n) is 6.35. The maximum atomic E-state index is 12.2. The van der Waals surface area contributed by atoms with Crippen LogP contribution >= 0.6 is 0 Å². The summed E-state index contributed by atoms with van der Waals surface area (Å²) in [6, 6.07) is 8.31. The van der Waals surface area contributed by atoms with Gasteiger partial charge in [0.25, 0.3) is 0 Å². The summed E-state index contributed by atoms with van der Waals surface area (Å²) in [6.45, 7) is 0. The minimum atomic E-state index is -2.53. The van der Waals surface area contributed by atoms with Crippen molar-refractivity contribution in [1.29, 1.82) is 4.78 Å². The molecule has 1 N–H and O–H groups in total. The molecule has 1 aromatic carbocycles. The second kappa shape index (κ2) is 8.55. The summed E-state index contributed by atoms with van der Waals surface area (Å²) >= 11 is 0. The quantitative estimate of drug-likeness (QED) is 0.469. The van der Waals surface area contributed by atoms with Crippen molar-refractivity contribution in [1.82, 2.24) is 29.5 Å². The summed E-state index contributed by atoms with van der Waals surface area (Å²) in [6.07, 6.45) is 16.4. The van der Waals surface area contributed by atoms with Gasteiger partial charge in [-0.2, -0.15) is 10.2 Å². The molecule has 3 heterocycles. The van der Waals surface area contributed by atoms with Gasteiger partial charge in [-0.1, -0.05) is 24.6 Å². The minimum absolute atomic E-state index is 0.0612. The average Bonchev–Trinajstić information content (AvgIpc) is 3.49. The summed E-state index contributed by atoms with van der Waals surface area (Å²) in [5.74, 6) is 0.667. The summed E-state index contributed by atoms with van der Waals surface area (Å²) in [5, 5.41) is 8.74. The van der Waals surface area contributed by atoms with E-state index in [4.69, 9.17) is 4.78 Å². The summed E-state index contributed by atoms with van der Waals surface area (Å²) in [5.41, 5.74) is 4.93. The van der Waals surface area contributed by atoms with Gasteiger partial charge >= 0.3 is 0 Å². The molecule has 0 amide bonds. The molecule has 9 heteroatoms. The topological polar surface area (TPSA) is 102 Å². The Morgan fingerprint density at radius 3 is 2.39 bits per heavy atom. The molecule has 0 bridgehead atoms. The Hall–Kier alpha value is -3.33. The van der Waals surface area contributed by atoms with E-state index in [1.807, 2.05) is 61.0 Å². The number of hydrogen-bond donors (Lipinski definition) is 1. The number of nitrogens with zero attached hydrogens (tertiary/aromatic N) is 6. The van der Waals surface area contributed by atoms with Crippen LogP contribution in [-0.4, -0.2) is 45.2 Å². The van der Waals surface area contributed by atoms with Gasteiger partial charge in [0, 0.05) is 75.3 Å².